The standard InChI is InChI=1S/C7H16FNOS/c1-7(9)3-6-11(10)5-2-4-8/h7H,2-6,9H2,1H3. The highest BCUT2D eigenvalue weighted by atomic mass is 32.2. The highest BCUT2D eigenvalue weighted by Gasteiger charge is 2.01. The number of hydrogen-bond acceptors (Lipinski definition) is 2. The van der Waals surface area contributed by atoms with Gasteiger partial charge in [-0.3, -0.25) is 8.60 Å². The van der Waals surface area contributed by atoms with Gasteiger partial charge in [0, 0.05) is 28.3 Å². The molecule has 0 aromatic carbocycles. The van der Waals surface area contributed by atoms with Gasteiger partial charge in [-0.2, -0.15) is 0 Å². The molecule has 0 bridgehead atoms. The number of rotatable bonds is 6. The Balaban J connectivity index is 3.23. The van der Waals surface area contributed by atoms with Gasteiger partial charge in [-0.1, -0.05) is 0 Å². The van der Waals surface area contributed by atoms with Crippen molar-refractivity contribution in [1.29, 1.82) is 0 Å². The predicted octanol–water partition coefficient (Wildman–Crippen LogP) is 0.832. The van der Waals surface area contributed by atoms with Gasteiger partial charge >= 0.3 is 0 Å². The molecule has 0 aliphatic rings. The first-order valence-electron chi connectivity index (χ1n) is 3.83. The Kier molecular flexibility index (Phi) is 6.76. The molecule has 0 fully saturated rings. The van der Waals surface area contributed by atoms with E-state index in [4.69, 9.17) is 5.73 Å². The Morgan fingerprint density at radius 1 is 1.55 bits per heavy atom. The van der Waals surface area contributed by atoms with Crippen LogP contribution in [0.15, 0.2) is 0 Å². The number of halogens is 1. The van der Waals surface area contributed by atoms with Crippen LogP contribution in [0.3, 0.4) is 0 Å². The van der Waals surface area contributed by atoms with Crippen LogP contribution in [0.1, 0.15) is 19.8 Å². The fourth-order valence-electron chi connectivity index (χ4n) is 0.635. The first-order chi connectivity index (χ1) is 5.16. The minimum atomic E-state index is -0.860. The lowest BCUT2D eigenvalue weighted by Crippen LogP contribution is -2.18. The molecule has 2 N–H and O–H groups in total. The zero-order valence-electron chi connectivity index (χ0n) is 6.88. The first-order valence-corrected chi connectivity index (χ1v) is 5.32. The Hall–Kier alpha value is 0.0400. The van der Waals surface area contributed by atoms with Crippen LogP contribution in [0.4, 0.5) is 4.39 Å². The Morgan fingerprint density at radius 2 is 2.18 bits per heavy atom. The molecule has 0 radical (unpaired) electrons. The van der Waals surface area contributed by atoms with Crippen molar-refractivity contribution in [2.45, 2.75) is 25.8 Å². The summed E-state index contributed by atoms with van der Waals surface area (Å²) in [7, 11) is -0.860. The van der Waals surface area contributed by atoms with Crippen molar-refractivity contribution in [2.75, 3.05) is 18.2 Å². The summed E-state index contributed by atoms with van der Waals surface area (Å²) in [6.45, 7) is 1.51. The molecule has 0 saturated heterocycles. The zero-order valence-corrected chi connectivity index (χ0v) is 7.70. The van der Waals surface area contributed by atoms with Crippen molar-refractivity contribution in [3.63, 3.8) is 0 Å². The molecule has 0 saturated carbocycles. The van der Waals surface area contributed by atoms with Crippen molar-refractivity contribution in [1.82, 2.24) is 0 Å². The average molecular weight is 181 g/mol. The molecule has 0 spiro atoms. The Bertz CT molecular complexity index is 119. The van der Waals surface area contributed by atoms with Crippen LogP contribution in [0.5, 0.6) is 0 Å². The van der Waals surface area contributed by atoms with E-state index in [-0.39, 0.29) is 12.7 Å². The van der Waals surface area contributed by atoms with Gasteiger partial charge in [0.05, 0.1) is 6.67 Å². The van der Waals surface area contributed by atoms with Crippen molar-refractivity contribution < 1.29 is 8.60 Å². The molecule has 0 aliphatic heterocycles. The lowest BCUT2D eigenvalue weighted by Gasteiger charge is -2.03. The predicted molar refractivity (Wildman–Crippen MR) is 46.7 cm³/mol. The molecular weight excluding hydrogens is 165 g/mol. The van der Waals surface area contributed by atoms with Gasteiger partial charge in [0.15, 0.2) is 0 Å². The lowest BCUT2D eigenvalue weighted by atomic mass is 10.3. The summed E-state index contributed by atoms with van der Waals surface area (Å²) >= 11 is 0. The van der Waals surface area contributed by atoms with Crippen LogP contribution in [-0.4, -0.2) is 28.4 Å². The molecule has 0 aliphatic carbocycles. The van der Waals surface area contributed by atoms with E-state index >= 15 is 0 Å². The monoisotopic (exact) mass is 181 g/mol. The summed E-state index contributed by atoms with van der Waals surface area (Å²) in [5, 5.41) is 0. The molecule has 2 unspecified atom stereocenters. The molecule has 11 heavy (non-hydrogen) atoms. The molecular formula is C7H16FNOS. The van der Waals surface area contributed by atoms with Crippen LogP contribution < -0.4 is 5.73 Å². The van der Waals surface area contributed by atoms with Gasteiger partial charge in [-0.15, -0.1) is 0 Å². The van der Waals surface area contributed by atoms with E-state index in [9.17, 15) is 8.60 Å². The van der Waals surface area contributed by atoms with Gasteiger partial charge in [0.2, 0.25) is 0 Å². The van der Waals surface area contributed by atoms with E-state index < -0.39 is 10.8 Å². The number of nitrogens with two attached hydrogens (primary N) is 1. The van der Waals surface area contributed by atoms with E-state index in [0.717, 1.165) is 6.42 Å². The molecule has 0 amide bonds. The minimum absolute atomic E-state index is 0.101. The Labute approximate surface area is 69.8 Å². The van der Waals surface area contributed by atoms with Crippen molar-refractivity contribution >= 4 is 10.8 Å². The van der Waals surface area contributed by atoms with Gasteiger partial charge in [-0.25, -0.2) is 0 Å². The van der Waals surface area contributed by atoms with Gasteiger partial charge in [-0.05, 0) is 19.8 Å². The van der Waals surface area contributed by atoms with E-state index in [1.807, 2.05) is 6.92 Å². The fourth-order valence-corrected chi connectivity index (χ4v) is 1.90. The Morgan fingerprint density at radius 3 is 2.64 bits per heavy atom. The van der Waals surface area contributed by atoms with Crippen LogP contribution in [0.2, 0.25) is 0 Å². The molecule has 2 atom stereocenters. The maximum atomic E-state index is 11.6. The summed E-state index contributed by atoms with van der Waals surface area (Å²) in [6, 6.07) is 0.101. The average Bonchev–Trinajstić information content (AvgIpc) is 1.97. The molecule has 4 heteroatoms. The molecule has 0 aromatic rings. The van der Waals surface area contributed by atoms with Crippen molar-refractivity contribution in [2.24, 2.45) is 5.73 Å². The molecule has 2 nitrogen and oxygen atoms in total. The second kappa shape index (κ2) is 6.73. The van der Waals surface area contributed by atoms with E-state index in [2.05, 4.69) is 0 Å². The topological polar surface area (TPSA) is 43.1 Å². The first kappa shape index (κ1) is 11.0. The van der Waals surface area contributed by atoms with E-state index in [0.29, 0.717) is 17.9 Å². The third kappa shape index (κ3) is 7.94. The summed E-state index contributed by atoms with van der Waals surface area (Å²) in [5.41, 5.74) is 5.46. The highest BCUT2D eigenvalue weighted by molar-refractivity contribution is 7.84. The third-order valence-electron chi connectivity index (χ3n) is 1.31. The summed E-state index contributed by atoms with van der Waals surface area (Å²) in [5.74, 6) is 1.08. The maximum absolute atomic E-state index is 11.6. The van der Waals surface area contributed by atoms with Gasteiger partial charge in [0.1, 0.15) is 0 Å². The van der Waals surface area contributed by atoms with Crippen molar-refractivity contribution in [3.05, 3.63) is 0 Å². The van der Waals surface area contributed by atoms with Crippen LogP contribution in [0, 0.1) is 0 Å². The third-order valence-corrected chi connectivity index (χ3v) is 2.74. The van der Waals surface area contributed by atoms with Gasteiger partial charge in [0.25, 0.3) is 0 Å². The molecule has 0 heterocycles. The largest absolute Gasteiger partial charge is 0.328 e. The van der Waals surface area contributed by atoms with Crippen molar-refractivity contribution in [3.8, 4) is 0 Å². The number of alkyl halides is 1. The van der Waals surface area contributed by atoms with Crippen LogP contribution in [0.25, 0.3) is 0 Å². The second-order valence-electron chi connectivity index (χ2n) is 2.66. The van der Waals surface area contributed by atoms with E-state index in [1.54, 1.807) is 0 Å². The summed E-state index contributed by atoms with van der Waals surface area (Å²) < 4.78 is 22.6. The van der Waals surface area contributed by atoms with Crippen LogP contribution >= 0.6 is 0 Å². The zero-order chi connectivity index (χ0) is 8.69. The van der Waals surface area contributed by atoms with Crippen LogP contribution in [-0.2, 0) is 10.8 Å². The normalized spacial score (nSPS) is 16.3. The summed E-state index contributed by atoms with van der Waals surface area (Å²) in [6.07, 6.45) is 1.17. The second-order valence-corrected chi connectivity index (χ2v) is 4.35. The summed E-state index contributed by atoms with van der Waals surface area (Å²) in [4.78, 5) is 0. The molecule has 0 aromatic heterocycles. The highest BCUT2D eigenvalue weighted by Crippen LogP contribution is 1.94. The van der Waals surface area contributed by atoms with E-state index in [1.165, 1.54) is 0 Å². The quantitative estimate of drug-likeness (QED) is 0.659. The minimum Gasteiger partial charge on any atom is -0.328 e. The lowest BCUT2D eigenvalue weighted by molar-refractivity contribution is 0.487. The number of hydrogen-bond donors (Lipinski definition) is 1. The fraction of sp³-hybridized carbons (Fsp3) is 1.00. The molecule has 0 rings (SSSR count). The smallest absolute Gasteiger partial charge is 0.0903 e. The van der Waals surface area contributed by atoms with Gasteiger partial charge < -0.3 is 5.73 Å². The SMILES string of the molecule is CC(N)CCS(=O)CCCF. The maximum Gasteiger partial charge on any atom is 0.0903 e. The molecule has 68 valence electrons.